The van der Waals surface area contributed by atoms with Crippen molar-refractivity contribution in [2.45, 2.75) is 38.1 Å². The van der Waals surface area contributed by atoms with Crippen LogP contribution in [0, 0.1) is 17.2 Å². The molecule has 0 amide bonds. The molecule has 0 aliphatic heterocycles. The number of nitrogen functional groups attached to an aromatic ring is 1. The van der Waals surface area contributed by atoms with Gasteiger partial charge >= 0.3 is 0 Å². The second-order valence-corrected chi connectivity index (χ2v) is 6.83. The average Bonchev–Trinajstić information content (AvgIpc) is 2.76. The summed E-state index contributed by atoms with van der Waals surface area (Å²) in [5, 5.41) is 13.3. The molecule has 0 saturated heterocycles. The maximum Gasteiger partial charge on any atom is 0.157 e. The number of rotatable bonds is 4. The van der Waals surface area contributed by atoms with E-state index in [1.807, 2.05) is 0 Å². The molecule has 110 valence electrons. The highest BCUT2D eigenvalue weighted by atomic mass is 32.1. The van der Waals surface area contributed by atoms with Crippen LogP contribution in [0.3, 0.4) is 0 Å². The highest BCUT2D eigenvalue weighted by molar-refractivity contribution is 7.10. The molecule has 1 aliphatic carbocycles. The van der Waals surface area contributed by atoms with Crippen molar-refractivity contribution in [2.75, 3.05) is 31.7 Å². The lowest BCUT2D eigenvalue weighted by atomic mass is 9.75. The molecule has 1 aromatic rings. The molecular formula is C14H23N5S. The van der Waals surface area contributed by atoms with Crippen LogP contribution in [0.25, 0.3) is 0 Å². The maximum atomic E-state index is 9.13. The summed E-state index contributed by atoms with van der Waals surface area (Å²) >= 11 is 1.27. The first-order valence-corrected chi connectivity index (χ1v) is 7.82. The lowest BCUT2D eigenvalue weighted by Crippen LogP contribution is -2.52. The van der Waals surface area contributed by atoms with Gasteiger partial charge in [0.2, 0.25) is 0 Å². The average molecular weight is 293 g/mol. The van der Waals surface area contributed by atoms with Crippen molar-refractivity contribution in [3.8, 4) is 6.07 Å². The third-order valence-electron chi connectivity index (χ3n) is 4.42. The zero-order valence-corrected chi connectivity index (χ0v) is 13.3. The van der Waals surface area contributed by atoms with Gasteiger partial charge in [-0.3, -0.25) is 0 Å². The highest BCUT2D eigenvalue weighted by Gasteiger charge is 2.37. The molecule has 1 saturated carbocycles. The zero-order valence-electron chi connectivity index (χ0n) is 12.4. The Morgan fingerprint density at radius 3 is 2.95 bits per heavy atom. The predicted octanol–water partition coefficient (Wildman–Crippen LogP) is 2.52. The molecule has 1 aliphatic rings. The fraction of sp³-hybridized carbons (Fsp3) is 0.714. The fourth-order valence-corrected chi connectivity index (χ4v) is 3.79. The van der Waals surface area contributed by atoms with Crippen molar-refractivity contribution < 1.29 is 0 Å². The minimum absolute atomic E-state index is 0.156. The molecule has 1 fully saturated rings. The van der Waals surface area contributed by atoms with Gasteiger partial charge in [0.15, 0.2) is 5.82 Å². The summed E-state index contributed by atoms with van der Waals surface area (Å²) in [5.41, 5.74) is 6.34. The van der Waals surface area contributed by atoms with Crippen molar-refractivity contribution in [1.29, 1.82) is 5.26 Å². The molecule has 0 radical (unpaired) electrons. The molecule has 0 spiro atoms. The number of likely N-dealkylation sites (N-methyl/N-ethyl adjacent to an activating group) is 1. The Labute approximate surface area is 124 Å². The van der Waals surface area contributed by atoms with Crippen LogP contribution in [0.5, 0.6) is 0 Å². The summed E-state index contributed by atoms with van der Waals surface area (Å²) in [5.74, 6) is 1.07. The van der Waals surface area contributed by atoms with Crippen LogP contribution in [0.4, 0.5) is 10.8 Å². The molecule has 5 nitrogen and oxygen atoms in total. The molecule has 6 heteroatoms. The van der Waals surface area contributed by atoms with E-state index in [0.29, 0.717) is 11.4 Å². The number of nitriles is 1. The first-order valence-electron chi connectivity index (χ1n) is 7.05. The Morgan fingerprint density at radius 1 is 1.60 bits per heavy atom. The molecule has 2 atom stereocenters. The number of hydrogen-bond donors (Lipinski definition) is 2. The molecule has 2 unspecified atom stereocenters. The van der Waals surface area contributed by atoms with Gasteiger partial charge in [0, 0.05) is 12.1 Å². The van der Waals surface area contributed by atoms with E-state index >= 15 is 0 Å². The van der Waals surface area contributed by atoms with Gasteiger partial charge in [-0.2, -0.15) is 9.64 Å². The minimum Gasteiger partial charge on any atom is -0.382 e. The molecule has 0 bridgehead atoms. The molecule has 20 heavy (non-hydrogen) atoms. The lowest BCUT2D eigenvalue weighted by molar-refractivity contribution is 0.0883. The summed E-state index contributed by atoms with van der Waals surface area (Å²) in [6, 6.07) is 2.13. The fourth-order valence-electron chi connectivity index (χ4n) is 3.13. The van der Waals surface area contributed by atoms with E-state index in [1.165, 1.54) is 37.2 Å². The van der Waals surface area contributed by atoms with Gasteiger partial charge in [-0.1, -0.05) is 19.8 Å². The van der Waals surface area contributed by atoms with Gasteiger partial charge in [0.25, 0.3) is 0 Å². The van der Waals surface area contributed by atoms with Crippen LogP contribution in [0.15, 0.2) is 0 Å². The van der Waals surface area contributed by atoms with E-state index in [9.17, 15) is 0 Å². The Balaban J connectivity index is 2.12. The number of nitrogens with two attached hydrogens (primary N) is 1. The van der Waals surface area contributed by atoms with Gasteiger partial charge < -0.3 is 16.0 Å². The van der Waals surface area contributed by atoms with Crippen LogP contribution in [0.2, 0.25) is 0 Å². The quantitative estimate of drug-likeness (QED) is 0.892. The maximum absolute atomic E-state index is 9.13. The Kier molecular flexibility index (Phi) is 4.51. The zero-order chi connectivity index (χ0) is 14.8. The van der Waals surface area contributed by atoms with E-state index in [2.05, 4.69) is 41.7 Å². The van der Waals surface area contributed by atoms with Crippen LogP contribution >= 0.6 is 11.5 Å². The summed E-state index contributed by atoms with van der Waals surface area (Å²) in [6.45, 7) is 3.16. The van der Waals surface area contributed by atoms with Gasteiger partial charge in [-0.05, 0) is 44.4 Å². The van der Waals surface area contributed by atoms with Gasteiger partial charge in [-0.25, -0.2) is 0 Å². The first-order chi connectivity index (χ1) is 9.48. The summed E-state index contributed by atoms with van der Waals surface area (Å²) in [6.07, 6.45) is 4.94. The molecule has 1 heterocycles. The van der Waals surface area contributed by atoms with E-state index in [4.69, 9.17) is 11.0 Å². The van der Waals surface area contributed by atoms with Crippen LogP contribution in [-0.4, -0.2) is 35.5 Å². The summed E-state index contributed by atoms with van der Waals surface area (Å²) < 4.78 is 4.05. The largest absolute Gasteiger partial charge is 0.382 e. The van der Waals surface area contributed by atoms with Crippen LogP contribution in [0.1, 0.15) is 38.2 Å². The second kappa shape index (κ2) is 5.98. The van der Waals surface area contributed by atoms with E-state index in [-0.39, 0.29) is 5.54 Å². The normalized spacial score (nSPS) is 26.4. The Bertz CT molecular complexity index is 504. The number of aromatic nitrogens is 1. The highest BCUT2D eigenvalue weighted by Crippen LogP contribution is 2.36. The van der Waals surface area contributed by atoms with Gasteiger partial charge in [-0.15, -0.1) is 0 Å². The van der Waals surface area contributed by atoms with Crippen molar-refractivity contribution in [2.24, 2.45) is 5.92 Å². The number of anilines is 2. The first kappa shape index (κ1) is 15.1. The lowest BCUT2D eigenvalue weighted by Gasteiger charge is -2.45. The van der Waals surface area contributed by atoms with Crippen molar-refractivity contribution in [1.82, 2.24) is 9.27 Å². The van der Waals surface area contributed by atoms with Crippen molar-refractivity contribution in [3.63, 3.8) is 0 Å². The monoisotopic (exact) mass is 293 g/mol. The van der Waals surface area contributed by atoms with Crippen LogP contribution < -0.4 is 11.1 Å². The number of hydrogen-bond acceptors (Lipinski definition) is 6. The summed E-state index contributed by atoms with van der Waals surface area (Å²) in [4.78, 5) is 2.33. The van der Waals surface area contributed by atoms with E-state index in [1.54, 1.807) is 0 Å². The molecule has 0 aromatic carbocycles. The third-order valence-corrected chi connectivity index (χ3v) is 5.24. The molecule has 2 rings (SSSR count). The van der Waals surface area contributed by atoms with Crippen molar-refractivity contribution in [3.05, 3.63) is 5.56 Å². The number of nitrogens with zero attached hydrogens (tertiary/aromatic N) is 3. The molecule has 3 N–H and O–H groups in total. The van der Waals surface area contributed by atoms with E-state index in [0.717, 1.165) is 17.5 Å². The minimum atomic E-state index is 0.156. The third kappa shape index (κ3) is 2.89. The SMILES string of the molecule is CC1CCCC(CNc2snc(N)c2C#N)(N(C)C)C1. The Morgan fingerprint density at radius 2 is 2.35 bits per heavy atom. The van der Waals surface area contributed by atoms with E-state index < -0.39 is 0 Å². The number of nitrogens with one attached hydrogen (secondary N) is 1. The van der Waals surface area contributed by atoms with Gasteiger partial charge in [0.1, 0.15) is 16.6 Å². The second-order valence-electron chi connectivity index (χ2n) is 6.06. The van der Waals surface area contributed by atoms with Crippen molar-refractivity contribution >= 4 is 22.4 Å². The van der Waals surface area contributed by atoms with Crippen LogP contribution in [-0.2, 0) is 0 Å². The smallest absolute Gasteiger partial charge is 0.157 e. The Hall–Kier alpha value is -1.32. The molecule has 1 aromatic heterocycles. The topological polar surface area (TPSA) is 78.0 Å². The standard InChI is InChI=1S/C14H23N5S/c1-10-5-4-6-14(7-10,19(2)3)9-17-13-11(8-15)12(16)18-20-13/h10,17H,4-7,9H2,1-3H3,(H2,16,18). The summed E-state index contributed by atoms with van der Waals surface area (Å²) in [7, 11) is 4.29. The molecular weight excluding hydrogens is 270 g/mol. The van der Waals surface area contributed by atoms with Gasteiger partial charge in [0.05, 0.1) is 0 Å². The predicted molar refractivity (Wildman–Crippen MR) is 83.8 cm³/mol.